The SMILES string of the molecule is Cc1ccc2c(n1)n(C1CCN(c3ncc(CN(C)C)cn3)CC1)c(=O)c(=O)n2C. The molecule has 30 heavy (non-hydrogen) atoms. The maximum absolute atomic E-state index is 12.8. The normalized spacial score (nSPS) is 15.3. The molecule has 3 aromatic rings. The lowest BCUT2D eigenvalue weighted by molar-refractivity contribution is 0.388. The molecule has 4 rings (SSSR count). The first-order valence-corrected chi connectivity index (χ1v) is 10.1. The lowest BCUT2D eigenvalue weighted by atomic mass is 10.0. The highest BCUT2D eigenvalue weighted by Gasteiger charge is 2.26. The minimum absolute atomic E-state index is 0.0764. The number of hydrogen-bond acceptors (Lipinski definition) is 7. The number of fused-ring (bicyclic) bond motifs is 1. The first kappa shape index (κ1) is 20.2. The first-order valence-electron chi connectivity index (χ1n) is 10.1. The summed E-state index contributed by atoms with van der Waals surface area (Å²) in [5, 5.41) is 0. The van der Waals surface area contributed by atoms with Gasteiger partial charge in [0.2, 0.25) is 5.95 Å². The molecule has 0 atom stereocenters. The van der Waals surface area contributed by atoms with E-state index in [9.17, 15) is 9.59 Å². The van der Waals surface area contributed by atoms with Crippen LogP contribution in [0.1, 0.15) is 30.1 Å². The summed E-state index contributed by atoms with van der Waals surface area (Å²) >= 11 is 0. The Bertz CT molecular complexity index is 1170. The molecule has 0 aliphatic carbocycles. The lowest BCUT2D eigenvalue weighted by Crippen LogP contribution is -2.45. The molecule has 1 saturated heterocycles. The molecule has 0 radical (unpaired) electrons. The number of nitrogens with zero attached hydrogens (tertiary/aromatic N) is 7. The minimum atomic E-state index is -0.518. The summed E-state index contributed by atoms with van der Waals surface area (Å²) in [4.78, 5) is 43.1. The molecule has 158 valence electrons. The van der Waals surface area contributed by atoms with E-state index in [1.54, 1.807) is 11.6 Å². The number of pyridine rings is 1. The second kappa shape index (κ2) is 7.98. The maximum Gasteiger partial charge on any atom is 0.318 e. The number of aryl methyl sites for hydroxylation is 2. The quantitative estimate of drug-likeness (QED) is 0.596. The molecule has 1 aliphatic heterocycles. The average Bonchev–Trinajstić information content (AvgIpc) is 2.73. The van der Waals surface area contributed by atoms with E-state index >= 15 is 0 Å². The summed E-state index contributed by atoms with van der Waals surface area (Å²) in [7, 11) is 5.64. The van der Waals surface area contributed by atoms with E-state index < -0.39 is 11.1 Å². The highest BCUT2D eigenvalue weighted by atomic mass is 16.2. The van der Waals surface area contributed by atoms with Crippen molar-refractivity contribution in [2.45, 2.75) is 32.4 Å². The molecule has 0 N–H and O–H groups in total. The van der Waals surface area contributed by atoms with Crippen LogP contribution in [-0.4, -0.2) is 56.2 Å². The van der Waals surface area contributed by atoms with Crippen LogP contribution in [0.25, 0.3) is 11.2 Å². The highest BCUT2D eigenvalue weighted by Crippen LogP contribution is 2.25. The van der Waals surface area contributed by atoms with Crippen molar-refractivity contribution in [3.05, 3.63) is 56.5 Å². The van der Waals surface area contributed by atoms with E-state index in [1.165, 1.54) is 4.57 Å². The zero-order valence-corrected chi connectivity index (χ0v) is 17.9. The number of piperidine rings is 1. The van der Waals surface area contributed by atoms with Crippen LogP contribution < -0.4 is 16.0 Å². The van der Waals surface area contributed by atoms with Crippen molar-refractivity contribution in [2.24, 2.45) is 7.05 Å². The van der Waals surface area contributed by atoms with E-state index in [4.69, 9.17) is 0 Å². The molecule has 4 heterocycles. The van der Waals surface area contributed by atoms with Gasteiger partial charge in [0.05, 0.1) is 5.52 Å². The molecule has 9 heteroatoms. The predicted molar refractivity (Wildman–Crippen MR) is 116 cm³/mol. The van der Waals surface area contributed by atoms with Crippen molar-refractivity contribution in [3.63, 3.8) is 0 Å². The number of hydrogen-bond donors (Lipinski definition) is 0. The fraction of sp³-hybridized carbons (Fsp3) is 0.476. The molecule has 0 unspecified atom stereocenters. The lowest BCUT2D eigenvalue weighted by Gasteiger charge is -2.33. The molecule has 0 spiro atoms. The molecule has 0 amide bonds. The van der Waals surface area contributed by atoms with Gasteiger partial charge in [-0.1, -0.05) is 0 Å². The van der Waals surface area contributed by atoms with Crippen LogP contribution >= 0.6 is 0 Å². The van der Waals surface area contributed by atoms with Gasteiger partial charge in [-0.05, 0) is 46.0 Å². The summed E-state index contributed by atoms with van der Waals surface area (Å²) in [5.74, 6) is 0.700. The van der Waals surface area contributed by atoms with E-state index in [-0.39, 0.29) is 6.04 Å². The van der Waals surface area contributed by atoms with Gasteiger partial charge in [-0.25, -0.2) is 15.0 Å². The van der Waals surface area contributed by atoms with E-state index in [2.05, 4.69) is 24.8 Å². The minimum Gasteiger partial charge on any atom is -0.341 e. The Morgan fingerprint density at radius 3 is 2.37 bits per heavy atom. The van der Waals surface area contributed by atoms with Gasteiger partial charge in [0.25, 0.3) is 0 Å². The third-order valence-electron chi connectivity index (χ3n) is 5.59. The smallest absolute Gasteiger partial charge is 0.318 e. The Balaban J connectivity index is 1.59. The van der Waals surface area contributed by atoms with Gasteiger partial charge in [-0.2, -0.15) is 0 Å². The van der Waals surface area contributed by atoms with Crippen molar-refractivity contribution in [1.29, 1.82) is 0 Å². The fourth-order valence-corrected chi connectivity index (χ4v) is 4.05. The monoisotopic (exact) mass is 409 g/mol. The van der Waals surface area contributed by atoms with Gasteiger partial charge in [0, 0.05) is 56.4 Å². The summed E-state index contributed by atoms with van der Waals surface area (Å²) in [6, 6.07) is 3.64. The number of anilines is 1. The van der Waals surface area contributed by atoms with Crippen molar-refractivity contribution in [3.8, 4) is 0 Å². The van der Waals surface area contributed by atoms with Crippen molar-refractivity contribution < 1.29 is 0 Å². The molecule has 9 nitrogen and oxygen atoms in total. The van der Waals surface area contributed by atoms with E-state index in [0.29, 0.717) is 30.2 Å². The zero-order chi connectivity index (χ0) is 21.4. The standard InChI is InChI=1S/C21H27N7O2/c1-14-5-6-17-18(24-14)28(20(30)19(29)26(17)4)16-7-9-27(10-8-16)21-22-11-15(12-23-21)13-25(2)3/h5-6,11-12,16H,7-10,13H2,1-4H3. The Morgan fingerprint density at radius 1 is 1.07 bits per heavy atom. The van der Waals surface area contributed by atoms with Crippen LogP contribution in [0.2, 0.25) is 0 Å². The average molecular weight is 409 g/mol. The van der Waals surface area contributed by atoms with Crippen LogP contribution in [0, 0.1) is 6.92 Å². The molecule has 3 aromatic heterocycles. The Hall–Kier alpha value is -3.07. The number of rotatable bonds is 4. The fourth-order valence-electron chi connectivity index (χ4n) is 4.05. The van der Waals surface area contributed by atoms with Crippen LogP contribution in [0.5, 0.6) is 0 Å². The zero-order valence-electron chi connectivity index (χ0n) is 17.9. The molecule has 0 bridgehead atoms. The second-order valence-corrected chi connectivity index (χ2v) is 8.18. The molecule has 1 aliphatic rings. The predicted octanol–water partition coefficient (Wildman–Crippen LogP) is 1.10. The van der Waals surface area contributed by atoms with Crippen LogP contribution in [0.3, 0.4) is 0 Å². The van der Waals surface area contributed by atoms with Gasteiger partial charge in [-0.15, -0.1) is 0 Å². The largest absolute Gasteiger partial charge is 0.341 e. The van der Waals surface area contributed by atoms with Gasteiger partial charge in [0.1, 0.15) is 0 Å². The Morgan fingerprint density at radius 2 is 1.73 bits per heavy atom. The van der Waals surface area contributed by atoms with Gasteiger partial charge in [0.15, 0.2) is 5.65 Å². The van der Waals surface area contributed by atoms with Gasteiger partial charge < -0.3 is 14.4 Å². The van der Waals surface area contributed by atoms with E-state index in [1.807, 2.05) is 45.5 Å². The molecule has 0 saturated carbocycles. The highest BCUT2D eigenvalue weighted by molar-refractivity contribution is 5.71. The van der Waals surface area contributed by atoms with Gasteiger partial charge >= 0.3 is 11.1 Å². The molecule has 0 aromatic carbocycles. The maximum atomic E-state index is 12.8. The van der Waals surface area contributed by atoms with Crippen LogP contribution in [0.15, 0.2) is 34.1 Å². The Kier molecular flexibility index (Phi) is 5.38. The summed E-state index contributed by atoms with van der Waals surface area (Å²) in [5.41, 5.74) is 2.11. The number of aromatic nitrogens is 5. The molecular weight excluding hydrogens is 382 g/mol. The third-order valence-corrected chi connectivity index (χ3v) is 5.59. The molecular formula is C21H27N7O2. The third kappa shape index (κ3) is 3.72. The van der Waals surface area contributed by atoms with E-state index in [0.717, 1.165) is 30.6 Å². The van der Waals surface area contributed by atoms with Crippen molar-refractivity contribution in [1.82, 2.24) is 29.0 Å². The topological polar surface area (TPSA) is 89.2 Å². The van der Waals surface area contributed by atoms with Crippen LogP contribution in [0.4, 0.5) is 5.95 Å². The van der Waals surface area contributed by atoms with Gasteiger partial charge in [-0.3, -0.25) is 14.2 Å². The Labute approximate surface area is 174 Å². The summed E-state index contributed by atoms with van der Waals surface area (Å²) < 4.78 is 2.99. The van der Waals surface area contributed by atoms with Crippen molar-refractivity contribution >= 4 is 17.1 Å². The van der Waals surface area contributed by atoms with Crippen molar-refractivity contribution in [2.75, 3.05) is 32.1 Å². The first-order chi connectivity index (χ1) is 14.3. The second-order valence-electron chi connectivity index (χ2n) is 8.18. The molecule has 1 fully saturated rings. The van der Waals surface area contributed by atoms with Crippen LogP contribution in [-0.2, 0) is 13.6 Å². The summed E-state index contributed by atoms with van der Waals surface area (Å²) in [6.45, 7) is 4.12. The summed E-state index contributed by atoms with van der Waals surface area (Å²) in [6.07, 6.45) is 5.17.